The van der Waals surface area contributed by atoms with Crippen LogP contribution in [0.15, 0.2) is 0 Å². The van der Waals surface area contributed by atoms with Gasteiger partial charge < -0.3 is 10.1 Å². The molecule has 0 aromatic heterocycles. The molecule has 72 valence electrons. The minimum atomic E-state index is 0.615. The van der Waals surface area contributed by atoms with Crippen molar-refractivity contribution in [1.29, 1.82) is 0 Å². The highest BCUT2D eigenvalue weighted by atomic mass is 16.5. The quantitative estimate of drug-likeness (QED) is 0.658. The third-order valence-electron chi connectivity index (χ3n) is 2.72. The van der Waals surface area contributed by atoms with Gasteiger partial charge in [0, 0.05) is 13.2 Å². The van der Waals surface area contributed by atoms with Gasteiger partial charge in [-0.1, -0.05) is 13.3 Å². The summed E-state index contributed by atoms with van der Waals surface area (Å²) in [6.45, 7) is 4.22. The molecule has 0 heterocycles. The van der Waals surface area contributed by atoms with E-state index in [2.05, 4.69) is 12.2 Å². The van der Waals surface area contributed by atoms with Crippen LogP contribution in [0.1, 0.15) is 32.6 Å². The van der Waals surface area contributed by atoms with E-state index in [9.17, 15) is 0 Å². The maximum absolute atomic E-state index is 5.20. The Kier molecular flexibility index (Phi) is 4.62. The maximum atomic E-state index is 5.20. The van der Waals surface area contributed by atoms with Crippen LogP contribution in [0.25, 0.3) is 0 Å². The van der Waals surface area contributed by atoms with Crippen LogP contribution in [0.3, 0.4) is 0 Å². The van der Waals surface area contributed by atoms with Gasteiger partial charge in [-0.15, -0.1) is 0 Å². The van der Waals surface area contributed by atoms with E-state index in [4.69, 9.17) is 4.74 Å². The second-order valence-corrected chi connectivity index (χ2v) is 3.71. The predicted octanol–water partition coefficient (Wildman–Crippen LogP) is 1.80. The fraction of sp³-hybridized carbons (Fsp3) is 1.00. The molecular weight excluding hydrogens is 150 g/mol. The van der Waals surface area contributed by atoms with Crippen LogP contribution < -0.4 is 5.32 Å². The molecule has 0 aliphatic heterocycles. The van der Waals surface area contributed by atoms with Crippen molar-refractivity contribution < 1.29 is 4.74 Å². The molecule has 0 radical (unpaired) electrons. The molecule has 1 fully saturated rings. The molecule has 1 aliphatic carbocycles. The molecule has 1 aliphatic rings. The van der Waals surface area contributed by atoms with Crippen molar-refractivity contribution in [1.82, 2.24) is 5.32 Å². The zero-order valence-electron chi connectivity index (χ0n) is 8.31. The molecule has 1 saturated carbocycles. The molecule has 0 aromatic carbocycles. The summed E-state index contributed by atoms with van der Waals surface area (Å²) in [6.07, 6.45) is 5.42. The van der Waals surface area contributed by atoms with Crippen molar-refractivity contribution in [3.63, 3.8) is 0 Å². The molecule has 1 N–H and O–H groups in total. The summed E-state index contributed by atoms with van der Waals surface area (Å²) in [5.41, 5.74) is 0. The first-order valence-corrected chi connectivity index (χ1v) is 5.10. The van der Waals surface area contributed by atoms with Crippen molar-refractivity contribution >= 4 is 0 Å². The highest BCUT2D eigenvalue weighted by Crippen LogP contribution is 2.29. The van der Waals surface area contributed by atoms with E-state index in [-0.39, 0.29) is 0 Å². The third kappa shape index (κ3) is 2.76. The summed E-state index contributed by atoms with van der Waals surface area (Å²) in [6, 6.07) is 0.615. The molecular formula is C10H21NO. The zero-order valence-corrected chi connectivity index (χ0v) is 8.31. The highest BCUT2D eigenvalue weighted by Gasteiger charge is 2.26. The van der Waals surface area contributed by atoms with Gasteiger partial charge in [-0.3, -0.25) is 0 Å². The molecule has 0 spiro atoms. The first-order valence-electron chi connectivity index (χ1n) is 5.10. The van der Waals surface area contributed by atoms with Crippen LogP contribution >= 0.6 is 0 Å². The summed E-state index contributed by atoms with van der Waals surface area (Å²) in [5.74, 6) is 0.886. The molecule has 1 atom stereocenters. The van der Waals surface area contributed by atoms with Gasteiger partial charge in [0.1, 0.15) is 0 Å². The van der Waals surface area contributed by atoms with Gasteiger partial charge in [-0.25, -0.2) is 0 Å². The smallest absolute Gasteiger partial charge is 0.0618 e. The lowest BCUT2D eigenvalue weighted by molar-refractivity contribution is 0.111. The van der Waals surface area contributed by atoms with E-state index < -0.39 is 0 Å². The van der Waals surface area contributed by atoms with E-state index >= 15 is 0 Å². The van der Waals surface area contributed by atoms with Crippen LogP contribution in [-0.4, -0.2) is 26.3 Å². The molecule has 12 heavy (non-hydrogen) atoms. The van der Waals surface area contributed by atoms with Crippen LogP contribution in [0.2, 0.25) is 0 Å². The van der Waals surface area contributed by atoms with Crippen molar-refractivity contribution in [2.75, 3.05) is 20.3 Å². The number of rotatable bonds is 6. The van der Waals surface area contributed by atoms with E-state index in [0.717, 1.165) is 19.1 Å². The van der Waals surface area contributed by atoms with Crippen LogP contribution in [-0.2, 0) is 4.74 Å². The monoisotopic (exact) mass is 171 g/mol. The van der Waals surface area contributed by atoms with E-state index in [1.165, 1.54) is 25.7 Å². The largest absolute Gasteiger partial charge is 0.383 e. The summed E-state index contributed by atoms with van der Waals surface area (Å²) >= 11 is 0. The van der Waals surface area contributed by atoms with Gasteiger partial charge >= 0.3 is 0 Å². The van der Waals surface area contributed by atoms with Crippen LogP contribution in [0, 0.1) is 5.92 Å². The predicted molar refractivity (Wildman–Crippen MR) is 51.3 cm³/mol. The van der Waals surface area contributed by atoms with Crippen molar-refractivity contribution in [2.24, 2.45) is 5.92 Å². The maximum Gasteiger partial charge on any atom is 0.0618 e. The lowest BCUT2D eigenvalue weighted by atomic mass is 9.80. The molecule has 0 saturated heterocycles. The molecule has 1 rings (SSSR count). The molecule has 0 aromatic rings. The Balaban J connectivity index is 2.17. The Hall–Kier alpha value is -0.0800. The van der Waals surface area contributed by atoms with Gasteiger partial charge in [0.05, 0.1) is 6.61 Å². The zero-order chi connectivity index (χ0) is 8.81. The van der Waals surface area contributed by atoms with Gasteiger partial charge in [0.2, 0.25) is 0 Å². The third-order valence-corrected chi connectivity index (χ3v) is 2.72. The van der Waals surface area contributed by atoms with Gasteiger partial charge in [0.25, 0.3) is 0 Å². The minimum Gasteiger partial charge on any atom is -0.383 e. The summed E-state index contributed by atoms with van der Waals surface area (Å²) in [4.78, 5) is 0. The Bertz CT molecular complexity index is 112. The van der Waals surface area contributed by atoms with E-state index in [0.29, 0.717) is 6.04 Å². The Morgan fingerprint density at radius 1 is 1.50 bits per heavy atom. The second-order valence-electron chi connectivity index (χ2n) is 3.71. The molecule has 2 nitrogen and oxygen atoms in total. The van der Waals surface area contributed by atoms with Crippen molar-refractivity contribution in [3.8, 4) is 0 Å². The van der Waals surface area contributed by atoms with Gasteiger partial charge in [0.15, 0.2) is 0 Å². The average molecular weight is 171 g/mol. The topological polar surface area (TPSA) is 21.3 Å². The van der Waals surface area contributed by atoms with E-state index in [1.807, 2.05) is 0 Å². The highest BCUT2D eigenvalue weighted by molar-refractivity contribution is 4.82. The first-order chi connectivity index (χ1) is 5.88. The standard InChI is InChI=1S/C10H21NO/c1-3-7-11-10(8-12-2)9-5-4-6-9/h9-11H,3-8H2,1-2H3. The molecule has 0 bridgehead atoms. The lowest BCUT2D eigenvalue weighted by Gasteiger charge is -2.34. The minimum absolute atomic E-state index is 0.615. The summed E-state index contributed by atoms with van der Waals surface area (Å²) in [5, 5.41) is 3.55. The number of hydrogen-bond donors (Lipinski definition) is 1. The Morgan fingerprint density at radius 2 is 2.25 bits per heavy atom. The van der Waals surface area contributed by atoms with E-state index in [1.54, 1.807) is 7.11 Å². The first kappa shape index (κ1) is 10.0. The molecule has 2 heteroatoms. The van der Waals surface area contributed by atoms with Crippen LogP contribution in [0.5, 0.6) is 0 Å². The van der Waals surface area contributed by atoms with Crippen molar-refractivity contribution in [2.45, 2.75) is 38.6 Å². The number of methoxy groups -OCH3 is 1. The van der Waals surface area contributed by atoms with Gasteiger partial charge in [-0.2, -0.15) is 0 Å². The van der Waals surface area contributed by atoms with Gasteiger partial charge in [-0.05, 0) is 31.7 Å². The number of hydrogen-bond acceptors (Lipinski definition) is 2. The SMILES string of the molecule is CCCNC(COC)C1CCC1. The lowest BCUT2D eigenvalue weighted by Crippen LogP contribution is -2.43. The Labute approximate surface area is 75.7 Å². The average Bonchev–Trinajstić information content (AvgIpc) is 1.97. The Morgan fingerprint density at radius 3 is 2.67 bits per heavy atom. The summed E-state index contributed by atoms with van der Waals surface area (Å²) < 4.78 is 5.20. The molecule has 0 amide bonds. The number of ether oxygens (including phenoxy) is 1. The number of nitrogens with one attached hydrogen (secondary N) is 1. The fourth-order valence-electron chi connectivity index (χ4n) is 1.71. The van der Waals surface area contributed by atoms with Crippen LogP contribution in [0.4, 0.5) is 0 Å². The normalized spacial score (nSPS) is 20.5. The fourth-order valence-corrected chi connectivity index (χ4v) is 1.71. The molecule has 1 unspecified atom stereocenters. The van der Waals surface area contributed by atoms with Crippen molar-refractivity contribution in [3.05, 3.63) is 0 Å². The second kappa shape index (κ2) is 5.55. The summed E-state index contributed by atoms with van der Waals surface area (Å²) in [7, 11) is 1.79.